The Kier molecular flexibility index (Phi) is 3.91. The van der Waals surface area contributed by atoms with Crippen molar-refractivity contribution in [2.75, 3.05) is 26.2 Å². The molecule has 0 spiro atoms. The molecular weight excluding hydrogens is 160 g/mol. The molecule has 0 saturated carbocycles. The number of hydrogen-bond acceptors (Lipinski definition) is 2. The number of rotatable bonds is 2. The fourth-order valence-electron chi connectivity index (χ4n) is 1.33. The van der Waals surface area contributed by atoms with Crippen molar-refractivity contribution in [2.45, 2.75) is 13.0 Å². The third-order valence-electron chi connectivity index (χ3n) is 2.07. The van der Waals surface area contributed by atoms with Gasteiger partial charge in [0.1, 0.15) is 0 Å². The number of nitrogens with zero attached hydrogens (tertiary/aromatic N) is 1. The normalized spacial score (nSPS) is 28.0. The first-order valence-electron chi connectivity index (χ1n) is 4.04. The van der Waals surface area contributed by atoms with Gasteiger partial charge in [-0.1, -0.05) is 17.7 Å². The van der Waals surface area contributed by atoms with Crippen LogP contribution in [0, 0.1) is 0 Å². The Labute approximate surface area is 73.2 Å². The first kappa shape index (κ1) is 9.04. The smallest absolute Gasteiger partial charge is 0.0196 e. The van der Waals surface area contributed by atoms with Crippen LogP contribution in [0.2, 0.25) is 0 Å². The van der Waals surface area contributed by atoms with Gasteiger partial charge in [-0.15, -0.1) is 0 Å². The summed E-state index contributed by atoms with van der Waals surface area (Å²) in [6, 6.07) is 0.636. The lowest BCUT2D eigenvalue weighted by molar-refractivity contribution is 0.193. The van der Waals surface area contributed by atoms with Crippen molar-refractivity contribution in [3.05, 3.63) is 11.6 Å². The standard InChI is InChI=1S/C8H15ClN2/c1-8-7-10-4-6-11(8)5-2-3-9/h2-3,8,10H,4-7H2,1H3/b3-2+/t8-/m0/s1. The topological polar surface area (TPSA) is 15.3 Å². The summed E-state index contributed by atoms with van der Waals surface area (Å²) in [4.78, 5) is 2.41. The van der Waals surface area contributed by atoms with Crippen LogP contribution < -0.4 is 5.32 Å². The summed E-state index contributed by atoms with van der Waals surface area (Å²) in [6.07, 6.45) is 1.99. The van der Waals surface area contributed by atoms with E-state index in [1.54, 1.807) is 5.54 Å². The Hall–Kier alpha value is -0.0500. The van der Waals surface area contributed by atoms with E-state index in [1.807, 2.05) is 6.08 Å². The van der Waals surface area contributed by atoms with E-state index in [0.29, 0.717) is 6.04 Å². The zero-order valence-electron chi connectivity index (χ0n) is 6.89. The molecule has 1 N–H and O–H groups in total. The van der Waals surface area contributed by atoms with Crippen LogP contribution in [0.1, 0.15) is 6.92 Å². The Morgan fingerprint density at radius 2 is 2.55 bits per heavy atom. The van der Waals surface area contributed by atoms with Crippen molar-refractivity contribution < 1.29 is 0 Å². The summed E-state index contributed by atoms with van der Waals surface area (Å²) >= 11 is 5.45. The van der Waals surface area contributed by atoms with Crippen LogP contribution in [0.4, 0.5) is 0 Å². The summed E-state index contributed by atoms with van der Waals surface area (Å²) in [7, 11) is 0. The van der Waals surface area contributed by atoms with Gasteiger partial charge >= 0.3 is 0 Å². The molecule has 0 aromatic carbocycles. The molecule has 1 heterocycles. The van der Waals surface area contributed by atoms with Gasteiger partial charge in [0.25, 0.3) is 0 Å². The molecule has 1 rings (SSSR count). The minimum Gasteiger partial charge on any atom is -0.314 e. The van der Waals surface area contributed by atoms with E-state index in [-0.39, 0.29) is 0 Å². The maximum absolute atomic E-state index is 5.45. The summed E-state index contributed by atoms with van der Waals surface area (Å²) in [5.74, 6) is 0. The third-order valence-corrected chi connectivity index (χ3v) is 2.25. The molecule has 64 valence electrons. The van der Waals surface area contributed by atoms with Crippen LogP contribution in [0.15, 0.2) is 11.6 Å². The summed E-state index contributed by atoms with van der Waals surface area (Å²) in [5.41, 5.74) is 1.59. The summed E-state index contributed by atoms with van der Waals surface area (Å²) in [6.45, 7) is 6.53. The quantitative estimate of drug-likeness (QED) is 0.673. The molecule has 1 atom stereocenters. The molecule has 0 bridgehead atoms. The van der Waals surface area contributed by atoms with Crippen molar-refractivity contribution in [3.63, 3.8) is 0 Å². The predicted molar refractivity (Wildman–Crippen MR) is 48.9 cm³/mol. The lowest BCUT2D eigenvalue weighted by Crippen LogP contribution is -2.49. The van der Waals surface area contributed by atoms with E-state index >= 15 is 0 Å². The minimum atomic E-state index is 0.636. The Morgan fingerprint density at radius 1 is 1.73 bits per heavy atom. The van der Waals surface area contributed by atoms with Gasteiger partial charge in [-0.05, 0) is 6.92 Å². The van der Waals surface area contributed by atoms with Crippen molar-refractivity contribution in [3.8, 4) is 0 Å². The van der Waals surface area contributed by atoms with Crippen LogP contribution in [0.25, 0.3) is 0 Å². The van der Waals surface area contributed by atoms with Gasteiger partial charge in [-0.25, -0.2) is 0 Å². The van der Waals surface area contributed by atoms with E-state index in [2.05, 4.69) is 17.1 Å². The number of hydrogen-bond donors (Lipinski definition) is 1. The predicted octanol–water partition coefficient (Wildman–Crippen LogP) is 1.03. The van der Waals surface area contributed by atoms with Gasteiger partial charge in [0.15, 0.2) is 0 Å². The lowest BCUT2D eigenvalue weighted by Gasteiger charge is -2.32. The second kappa shape index (κ2) is 4.75. The van der Waals surface area contributed by atoms with E-state index < -0.39 is 0 Å². The number of nitrogens with one attached hydrogen (secondary N) is 1. The number of halogens is 1. The molecule has 0 aliphatic carbocycles. The molecule has 1 aliphatic rings. The van der Waals surface area contributed by atoms with Crippen LogP contribution in [-0.2, 0) is 0 Å². The first-order chi connectivity index (χ1) is 5.34. The Morgan fingerprint density at radius 3 is 3.18 bits per heavy atom. The average molecular weight is 175 g/mol. The maximum Gasteiger partial charge on any atom is 0.0196 e. The lowest BCUT2D eigenvalue weighted by atomic mass is 10.2. The Bertz CT molecular complexity index is 136. The van der Waals surface area contributed by atoms with Crippen LogP contribution in [0.3, 0.4) is 0 Å². The minimum absolute atomic E-state index is 0.636. The molecule has 1 aliphatic heterocycles. The van der Waals surface area contributed by atoms with Crippen LogP contribution in [0.5, 0.6) is 0 Å². The fourth-order valence-corrected chi connectivity index (χ4v) is 1.41. The molecular formula is C8H15ClN2. The molecule has 0 radical (unpaired) electrons. The van der Waals surface area contributed by atoms with E-state index in [1.165, 1.54) is 0 Å². The molecule has 2 nitrogen and oxygen atoms in total. The maximum atomic E-state index is 5.45. The number of piperazine rings is 1. The summed E-state index contributed by atoms with van der Waals surface area (Å²) < 4.78 is 0. The fraction of sp³-hybridized carbons (Fsp3) is 0.750. The summed E-state index contributed by atoms with van der Waals surface area (Å²) in [5, 5.41) is 3.34. The average Bonchev–Trinajstić information content (AvgIpc) is 2.03. The highest BCUT2D eigenvalue weighted by atomic mass is 35.5. The molecule has 3 heteroatoms. The van der Waals surface area contributed by atoms with Gasteiger partial charge in [0.05, 0.1) is 0 Å². The highest BCUT2D eigenvalue weighted by Crippen LogP contribution is 2.01. The SMILES string of the molecule is C[C@H]1CNCCN1C/C=C/Cl. The first-order valence-corrected chi connectivity index (χ1v) is 4.48. The molecule has 0 amide bonds. The Balaban J connectivity index is 2.29. The van der Waals surface area contributed by atoms with Crippen LogP contribution >= 0.6 is 11.6 Å². The molecule has 0 aromatic heterocycles. The molecule has 11 heavy (non-hydrogen) atoms. The van der Waals surface area contributed by atoms with Crippen molar-refractivity contribution in [2.24, 2.45) is 0 Å². The van der Waals surface area contributed by atoms with Gasteiger partial charge < -0.3 is 5.32 Å². The van der Waals surface area contributed by atoms with Crippen LogP contribution in [-0.4, -0.2) is 37.1 Å². The molecule has 1 saturated heterocycles. The van der Waals surface area contributed by atoms with E-state index in [0.717, 1.165) is 26.2 Å². The highest BCUT2D eigenvalue weighted by molar-refractivity contribution is 6.25. The monoisotopic (exact) mass is 174 g/mol. The second-order valence-electron chi connectivity index (χ2n) is 2.91. The van der Waals surface area contributed by atoms with Crippen molar-refractivity contribution in [1.29, 1.82) is 0 Å². The molecule has 1 fully saturated rings. The van der Waals surface area contributed by atoms with Crippen molar-refractivity contribution in [1.82, 2.24) is 10.2 Å². The zero-order valence-corrected chi connectivity index (χ0v) is 7.64. The van der Waals surface area contributed by atoms with Gasteiger partial charge in [-0.2, -0.15) is 0 Å². The van der Waals surface area contributed by atoms with Crippen molar-refractivity contribution >= 4 is 11.6 Å². The van der Waals surface area contributed by atoms with E-state index in [4.69, 9.17) is 11.6 Å². The zero-order chi connectivity index (χ0) is 8.10. The van der Waals surface area contributed by atoms with Gasteiger partial charge in [-0.3, -0.25) is 4.90 Å². The van der Waals surface area contributed by atoms with Gasteiger partial charge in [0.2, 0.25) is 0 Å². The second-order valence-corrected chi connectivity index (χ2v) is 3.16. The van der Waals surface area contributed by atoms with E-state index in [9.17, 15) is 0 Å². The molecule has 0 aromatic rings. The van der Waals surface area contributed by atoms with Gasteiger partial charge in [0, 0.05) is 37.8 Å². The third kappa shape index (κ3) is 2.81. The highest BCUT2D eigenvalue weighted by Gasteiger charge is 2.15. The largest absolute Gasteiger partial charge is 0.314 e. The molecule has 0 unspecified atom stereocenters.